The van der Waals surface area contributed by atoms with Crippen LogP contribution in [-0.2, 0) is 6.54 Å². The van der Waals surface area contributed by atoms with Crippen molar-refractivity contribution in [3.05, 3.63) is 52.6 Å². The van der Waals surface area contributed by atoms with Crippen molar-refractivity contribution in [2.24, 2.45) is 0 Å². The van der Waals surface area contributed by atoms with Gasteiger partial charge in [-0.1, -0.05) is 25.1 Å². The Balaban J connectivity index is 2.38. The van der Waals surface area contributed by atoms with Gasteiger partial charge >= 0.3 is 0 Å². The number of benzene rings is 1. The molecule has 4 heteroatoms. The Morgan fingerprint density at radius 1 is 1.20 bits per heavy atom. The summed E-state index contributed by atoms with van der Waals surface area (Å²) in [5.74, 6) is 1.02. The lowest BCUT2D eigenvalue weighted by atomic mass is 10.2. The van der Waals surface area contributed by atoms with Crippen LogP contribution in [0, 0.1) is 0 Å². The second-order valence-electron chi connectivity index (χ2n) is 4.50. The van der Waals surface area contributed by atoms with Crippen molar-refractivity contribution in [1.29, 1.82) is 0 Å². The number of pyridine rings is 1. The van der Waals surface area contributed by atoms with Crippen molar-refractivity contribution in [3.63, 3.8) is 0 Å². The monoisotopic (exact) mass is 333 g/mol. The maximum Gasteiger partial charge on any atom is 0.137 e. The van der Waals surface area contributed by atoms with Crippen LogP contribution in [0.3, 0.4) is 0 Å². The second kappa shape index (κ2) is 7.41. The van der Waals surface area contributed by atoms with Crippen LogP contribution in [0.2, 0.25) is 0 Å². The fraction of sp³-hybridized carbons (Fsp3) is 0.312. The van der Waals surface area contributed by atoms with Gasteiger partial charge in [0.25, 0.3) is 0 Å². The average Bonchev–Trinajstić information content (AvgIpc) is 2.49. The number of nitrogens with zero attached hydrogens (tertiary/aromatic N) is 2. The maximum atomic E-state index is 4.62. The number of hydrogen-bond acceptors (Lipinski definition) is 3. The third kappa shape index (κ3) is 3.58. The summed E-state index contributed by atoms with van der Waals surface area (Å²) in [6.07, 6.45) is 1.86. The number of hydrogen-bond donors (Lipinski definition) is 1. The fourth-order valence-corrected chi connectivity index (χ4v) is 2.55. The molecule has 0 radical (unpaired) electrons. The number of nitrogens with one attached hydrogen (secondary N) is 1. The van der Waals surface area contributed by atoms with Gasteiger partial charge in [-0.05, 0) is 47.6 Å². The normalized spacial score (nSPS) is 10.6. The topological polar surface area (TPSA) is 28.2 Å². The summed E-state index contributed by atoms with van der Waals surface area (Å²) in [6, 6.07) is 12.5. The molecule has 20 heavy (non-hydrogen) atoms. The molecule has 0 saturated heterocycles. The van der Waals surface area contributed by atoms with E-state index in [4.69, 9.17) is 0 Å². The summed E-state index contributed by atoms with van der Waals surface area (Å²) >= 11 is 3.51. The molecule has 0 aliphatic carbocycles. The Hall–Kier alpha value is -1.39. The first-order chi connectivity index (χ1) is 9.76. The molecule has 0 amide bonds. The number of para-hydroxylation sites is 1. The smallest absolute Gasteiger partial charge is 0.137 e. The summed E-state index contributed by atoms with van der Waals surface area (Å²) in [4.78, 5) is 6.85. The van der Waals surface area contributed by atoms with Crippen LogP contribution in [0.5, 0.6) is 0 Å². The summed E-state index contributed by atoms with van der Waals surface area (Å²) < 4.78 is 1.01. The van der Waals surface area contributed by atoms with Crippen molar-refractivity contribution in [2.75, 3.05) is 18.0 Å². The lowest BCUT2D eigenvalue weighted by molar-refractivity contribution is 0.722. The molecule has 0 saturated carbocycles. The molecular weight excluding hydrogens is 314 g/mol. The molecule has 1 heterocycles. The van der Waals surface area contributed by atoms with Crippen molar-refractivity contribution in [1.82, 2.24) is 10.3 Å². The highest BCUT2D eigenvalue weighted by atomic mass is 79.9. The minimum absolute atomic E-state index is 0.821. The zero-order chi connectivity index (χ0) is 14.4. The van der Waals surface area contributed by atoms with Gasteiger partial charge in [-0.2, -0.15) is 0 Å². The highest BCUT2D eigenvalue weighted by Crippen LogP contribution is 2.28. The van der Waals surface area contributed by atoms with Crippen molar-refractivity contribution < 1.29 is 0 Å². The minimum Gasteiger partial charge on any atom is -0.326 e. The maximum absolute atomic E-state index is 4.62. The van der Waals surface area contributed by atoms with Crippen LogP contribution in [0.1, 0.15) is 19.4 Å². The SMILES string of the molecule is CCNCc1cc(Br)cnc1N(CC)c1ccccc1. The molecule has 1 aromatic heterocycles. The lowest BCUT2D eigenvalue weighted by Gasteiger charge is -2.25. The molecule has 0 spiro atoms. The van der Waals surface area contributed by atoms with E-state index < -0.39 is 0 Å². The predicted molar refractivity (Wildman–Crippen MR) is 88.4 cm³/mol. The van der Waals surface area contributed by atoms with E-state index in [1.54, 1.807) is 0 Å². The molecule has 0 aliphatic heterocycles. The Labute approximate surface area is 129 Å². The van der Waals surface area contributed by atoms with Crippen LogP contribution >= 0.6 is 15.9 Å². The second-order valence-corrected chi connectivity index (χ2v) is 5.41. The highest BCUT2D eigenvalue weighted by Gasteiger charge is 2.13. The number of halogens is 1. The van der Waals surface area contributed by atoms with E-state index in [0.29, 0.717) is 0 Å². The fourth-order valence-electron chi connectivity index (χ4n) is 2.17. The van der Waals surface area contributed by atoms with Crippen molar-refractivity contribution in [2.45, 2.75) is 20.4 Å². The molecule has 0 fully saturated rings. The van der Waals surface area contributed by atoms with Gasteiger partial charge in [0.15, 0.2) is 0 Å². The third-order valence-corrected chi connectivity index (χ3v) is 3.55. The highest BCUT2D eigenvalue weighted by molar-refractivity contribution is 9.10. The van der Waals surface area contributed by atoms with Crippen LogP contribution in [0.25, 0.3) is 0 Å². The van der Waals surface area contributed by atoms with Gasteiger partial charge in [-0.3, -0.25) is 0 Å². The van der Waals surface area contributed by atoms with E-state index in [9.17, 15) is 0 Å². The summed E-state index contributed by atoms with van der Waals surface area (Å²) in [7, 11) is 0. The lowest BCUT2D eigenvalue weighted by Crippen LogP contribution is -2.21. The van der Waals surface area contributed by atoms with Crippen LogP contribution < -0.4 is 10.2 Å². The summed E-state index contributed by atoms with van der Waals surface area (Å²) in [5.41, 5.74) is 2.37. The van der Waals surface area contributed by atoms with E-state index in [2.05, 4.69) is 75.3 Å². The van der Waals surface area contributed by atoms with Gasteiger partial charge in [-0.15, -0.1) is 0 Å². The molecule has 0 aliphatic rings. The molecule has 2 aromatic rings. The summed E-state index contributed by atoms with van der Waals surface area (Å²) in [6.45, 7) is 6.91. The molecular formula is C16H20BrN3. The Bertz CT molecular complexity index is 543. The van der Waals surface area contributed by atoms with E-state index in [-0.39, 0.29) is 0 Å². The molecule has 0 atom stereocenters. The first-order valence-corrected chi connectivity index (χ1v) is 7.73. The van der Waals surface area contributed by atoms with Crippen LogP contribution in [0.15, 0.2) is 47.1 Å². The Morgan fingerprint density at radius 3 is 2.60 bits per heavy atom. The first kappa shape index (κ1) is 15.0. The molecule has 0 unspecified atom stereocenters. The molecule has 2 rings (SSSR count). The van der Waals surface area contributed by atoms with Gasteiger partial charge in [-0.25, -0.2) is 4.98 Å². The summed E-state index contributed by atoms with van der Waals surface area (Å²) in [5, 5.41) is 3.38. The molecule has 0 bridgehead atoms. The van der Waals surface area contributed by atoms with E-state index in [1.807, 2.05) is 12.3 Å². The van der Waals surface area contributed by atoms with Crippen molar-refractivity contribution >= 4 is 27.4 Å². The molecule has 3 nitrogen and oxygen atoms in total. The van der Waals surface area contributed by atoms with Gasteiger partial charge < -0.3 is 10.2 Å². The Kier molecular flexibility index (Phi) is 5.56. The van der Waals surface area contributed by atoms with Gasteiger partial charge in [0.2, 0.25) is 0 Å². The first-order valence-electron chi connectivity index (χ1n) is 6.94. The zero-order valence-electron chi connectivity index (χ0n) is 11.9. The van der Waals surface area contributed by atoms with E-state index in [0.717, 1.165) is 29.9 Å². The molecule has 1 N–H and O–H groups in total. The molecule has 106 valence electrons. The van der Waals surface area contributed by atoms with E-state index >= 15 is 0 Å². The van der Waals surface area contributed by atoms with Crippen LogP contribution in [-0.4, -0.2) is 18.1 Å². The van der Waals surface area contributed by atoms with Crippen LogP contribution in [0.4, 0.5) is 11.5 Å². The Morgan fingerprint density at radius 2 is 1.95 bits per heavy atom. The van der Waals surface area contributed by atoms with Crippen molar-refractivity contribution in [3.8, 4) is 0 Å². The van der Waals surface area contributed by atoms with E-state index in [1.165, 1.54) is 11.3 Å². The average molecular weight is 334 g/mol. The number of aromatic nitrogens is 1. The number of anilines is 2. The standard InChI is InChI=1S/C16H20BrN3/c1-3-18-11-13-10-14(17)12-19-16(13)20(4-2)15-8-6-5-7-9-15/h5-10,12,18H,3-4,11H2,1-2H3. The zero-order valence-corrected chi connectivity index (χ0v) is 13.5. The minimum atomic E-state index is 0.821. The van der Waals surface area contributed by atoms with Gasteiger partial charge in [0, 0.05) is 35.0 Å². The van der Waals surface area contributed by atoms with Gasteiger partial charge in [0.05, 0.1) is 0 Å². The molecule has 1 aromatic carbocycles. The largest absolute Gasteiger partial charge is 0.326 e. The van der Waals surface area contributed by atoms with Gasteiger partial charge in [0.1, 0.15) is 5.82 Å². The quantitative estimate of drug-likeness (QED) is 0.862. The third-order valence-electron chi connectivity index (χ3n) is 3.11. The number of rotatable bonds is 6. The predicted octanol–water partition coefficient (Wildman–Crippen LogP) is 4.11.